The average molecular weight is 405 g/mol. The molecule has 3 aromatic rings. The number of ether oxygens (including phenoxy) is 3. The van der Waals surface area contributed by atoms with Crippen molar-refractivity contribution in [2.24, 2.45) is 0 Å². The number of para-hydroxylation sites is 1. The van der Waals surface area contributed by atoms with Crippen LogP contribution in [0.15, 0.2) is 84.9 Å². The molecule has 0 heterocycles. The van der Waals surface area contributed by atoms with Crippen LogP contribution in [0.5, 0.6) is 11.5 Å². The van der Waals surface area contributed by atoms with Gasteiger partial charge in [-0.1, -0.05) is 48.5 Å². The zero-order valence-corrected chi connectivity index (χ0v) is 16.6. The largest absolute Gasteiger partial charge is 0.489 e. The van der Waals surface area contributed by atoms with Crippen LogP contribution in [-0.4, -0.2) is 24.6 Å². The quantitative estimate of drug-likeness (QED) is 0.540. The molecule has 30 heavy (non-hydrogen) atoms. The van der Waals surface area contributed by atoms with Crippen LogP contribution >= 0.6 is 0 Å². The van der Waals surface area contributed by atoms with E-state index in [2.05, 4.69) is 5.32 Å². The third kappa shape index (κ3) is 6.67. The predicted molar refractivity (Wildman–Crippen MR) is 113 cm³/mol. The van der Waals surface area contributed by atoms with Crippen molar-refractivity contribution in [2.75, 3.05) is 11.9 Å². The normalized spacial score (nSPS) is 11.2. The predicted octanol–water partition coefficient (Wildman–Crippen LogP) is 4.21. The number of anilines is 1. The van der Waals surface area contributed by atoms with E-state index in [0.29, 0.717) is 23.8 Å². The van der Waals surface area contributed by atoms with Gasteiger partial charge in [-0.3, -0.25) is 4.79 Å². The van der Waals surface area contributed by atoms with Gasteiger partial charge in [0.05, 0.1) is 0 Å². The highest BCUT2D eigenvalue weighted by atomic mass is 16.6. The van der Waals surface area contributed by atoms with Crippen molar-refractivity contribution >= 4 is 17.6 Å². The molecule has 0 fully saturated rings. The van der Waals surface area contributed by atoms with E-state index < -0.39 is 24.6 Å². The molecule has 0 saturated carbocycles. The molecule has 1 atom stereocenters. The van der Waals surface area contributed by atoms with Gasteiger partial charge < -0.3 is 19.5 Å². The van der Waals surface area contributed by atoms with Crippen molar-refractivity contribution in [3.05, 3.63) is 90.5 Å². The average Bonchev–Trinajstić information content (AvgIpc) is 2.78. The van der Waals surface area contributed by atoms with E-state index in [1.807, 2.05) is 36.4 Å². The van der Waals surface area contributed by atoms with Crippen LogP contribution in [0.25, 0.3) is 0 Å². The molecular formula is C24H23NO5. The van der Waals surface area contributed by atoms with Crippen molar-refractivity contribution < 1.29 is 23.8 Å². The molecule has 0 aromatic heterocycles. The van der Waals surface area contributed by atoms with Crippen molar-refractivity contribution in [3.8, 4) is 11.5 Å². The van der Waals surface area contributed by atoms with Gasteiger partial charge in [0, 0.05) is 5.69 Å². The molecule has 0 aliphatic carbocycles. The second-order valence-electron chi connectivity index (χ2n) is 6.53. The first-order valence-corrected chi connectivity index (χ1v) is 9.55. The van der Waals surface area contributed by atoms with Gasteiger partial charge in [-0.2, -0.15) is 0 Å². The van der Waals surface area contributed by atoms with Gasteiger partial charge in [0.15, 0.2) is 12.7 Å². The number of amides is 1. The Balaban J connectivity index is 1.40. The summed E-state index contributed by atoms with van der Waals surface area (Å²) in [6, 6.07) is 25.8. The summed E-state index contributed by atoms with van der Waals surface area (Å²) in [5, 5.41) is 2.67. The fourth-order valence-corrected chi connectivity index (χ4v) is 2.58. The summed E-state index contributed by atoms with van der Waals surface area (Å²) in [5.41, 5.74) is 1.65. The Morgan fingerprint density at radius 3 is 2.13 bits per heavy atom. The molecule has 1 amide bonds. The second kappa shape index (κ2) is 10.7. The van der Waals surface area contributed by atoms with E-state index >= 15 is 0 Å². The van der Waals surface area contributed by atoms with Crippen molar-refractivity contribution in [1.29, 1.82) is 0 Å². The summed E-state index contributed by atoms with van der Waals surface area (Å²) in [4.78, 5) is 24.0. The van der Waals surface area contributed by atoms with E-state index in [-0.39, 0.29) is 0 Å². The standard InChI is InChI=1S/C24H23NO5/c1-18(30-22-10-6-3-7-11-22)24(27)29-17-23(26)25-20-12-14-21(15-13-20)28-16-19-8-4-2-5-9-19/h2-15,18H,16-17H2,1H3,(H,25,26)/t18-/m1/s1. The first kappa shape index (κ1) is 20.9. The van der Waals surface area contributed by atoms with Gasteiger partial charge in [0.2, 0.25) is 0 Å². The molecular weight excluding hydrogens is 382 g/mol. The SMILES string of the molecule is C[C@@H](Oc1ccccc1)C(=O)OCC(=O)Nc1ccc(OCc2ccccc2)cc1. The Kier molecular flexibility index (Phi) is 7.44. The van der Waals surface area contributed by atoms with Crippen LogP contribution in [0.1, 0.15) is 12.5 Å². The van der Waals surface area contributed by atoms with Crippen molar-refractivity contribution in [2.45, 2.75) is 19.6 Å². The number of nitrogens with one attached hydrogen (secondary N) is 1. The van der Waals surface area contributed by atoms with Gasteiger partial charge in [0.25, 0.3) is 5.91 Å². The molecule has 3 aromatic carbocycles. The second-order valence-corrected chi connectivity index (χ2v) is 6.53. The molecule has 0 aliphatic rings. The minimum atomic E-state index is -0.818. The maximum Gasteiger partial charge on any atom is 0.347 e. The van der Waals surface area contributed by atoms with Crippen LogP contribution in [0.2, 0.25) is 0 Å². The van der Waals surface area contributed by atoms with Crippen molar-refractivity contribution in [1.82, 2.24) is 0 Å². The summed E-state index contributed by atoms with van der Waals surface area (Å²) in [6.07, 6.45) is -0.818. The van der Waals surface area contributed by atoms with Crippen LogP contribution < -0.4 is 14.8 Å². The Labute approximate surface area is 175 Å². The molecule has 0 unspecified atom stereocenters. The van der Waals surface area contributed by atoms with E-state index in [9.17, 15) is 9.59 Å². The first-order valence-electron chi connectivity index (χ1n) is 9.55. The first-order chi connectivity index (χ1) is 14.6. The maximum atomic E-state index is 12.0. The lowest BCUT2D eigenvalue weighted by molar-refractivity contribution is -0.153. The summed E-state index contributed by atoms with van der Waals surface area (Å²) in [6.45, 7) is 1.64. The highest BCUT2D eigenvalue weighted by molar-refractivity contribution is 5.93. The lowest BCUT2D eigenvalue weighted by Gasteiger charge is -2.14. The van der Waals surface area contributed by atoms with E-state index in [0.717, 1.165) is 5.56 Å². The van der Waals surface area contributed by atoms with Crippen LogP contribution in [-0.2, 0) is 20.9 Å². The molecule has 6 heteroatoms. The van der Waals surface area contributed by atoms with E-state index in [1.165, 1.54) is 0 Å². The summed E-state index contributed by atoms with van der Waals surface area (Å²) in [7, 11) is 0. The Bertz CT molecular complexity index is 942. The minimum Gasteiger partial charge on any atom is -0.489 e. The van der Waals surface area contributed by atoms with Gasteiger partial charge in [-0.05, 0) is 48.9 Å². The molecule has 154 valence electrons. The smallest absolute Gasteiger partial charge is 0.347 e. The molecule has 0 spiro atoms. The number of esters is 1. The fourth-order valence-electron chi connectivity index (χ4n) is 2.58. The fraction of sp³-hybridized carbons (Fsp3) is 0.167. The third-order valence-corrected chi connectivity index (χ3v) is 4.12. The molecule has 3 rings (SSSR count). The molecule has 0 bridgehead atoms. The van der Waals surface area contributed by atoms with Gasteiger partial charge in [-0.25, -0.2) is 4.79 Å². The third-order valence-electron chi connectivity index (χ3n) is 4.12. The van der Waals surface area contributed by atoms with Gasteiger partial charge in [0.1, 0.15) is 18.1 Å². The Morgan fingerprint density at radius 1 is 0.833 bits per heavy atom. The number of rotatable bonds is 9. The number of benzene rings is 3. The molecule has 0 saturated heterocycles. The number of carbonyl (C=O) groups is 2. The topological polar surface area (TPSA) is 73.9 Å². The Morgan fingerprint density at radius 2 is 1.47 bits per heavy atom. The van der Waals surface area contributed by atoms with Gasteiger partial charge in [-0.15, -0.1) is 0 Å². The Hall–Kier alpha value is -3.80. The maximum absolute atomic E-state index is 12.0. The zero-order valence-electron chi connectivity index (χ0n) is 16.6. The molecule has 0 aliphatic heterocycles. The highest BCUT2D eigenvalue weighted by Gasteiger charge is 2.17. The van der Waals surface area contributed by atoms with Crippen LogP contribution in [0.3, 0.4) is 0 Å². The zero-order chi connectivity index (χ0) is 21.2. The molecule has 6 nitrogen and oxygen atoms in total. The lowest BCUT2D eigenvalue weighted by Crippen LogP contribution is -2.29. The molecule has 1 N–H and O–H groups in total. The number of hydrogen-bond acceptors (Lipinski definition) is 5. The van der Waals surface area contributed by atoms with Crippen molar-refractivity contribution in [3.63, 3.8) is 0 Å². The van der Waals surface area contributed by atoms with E-state index in [4.69, 9.17) is 14.2 Å². The van der Waals surface area contributed by atoms with E-state index in [1.54, 1.807) is 55.5 Å². The number of carbonyl (C=O) groups excluding carboxylic acids is 2. The van der Waals surface area contributed by atoms with Crippen LogP contribution in [0, 0.1) is 0 Å². The minimum absolute atomic E-state index is 0.395. The number of hydrogen-bond donors (Lipinski definition) is 1. The summed E-state index contributed by atoms with van der Waals surface area (Å²) in [5.74, 6) is 0.197. The summed E-state index contributed by atoms with van der Waals surface area (Å²) >= 11 is 0. The van der Waals surface area contributed by atoms with Gasteiger partial charge >= 0.3 is 5.97 Å². The monoisotopic (exact) mass is 405 g/mol. The van der Waals surface area contributed by atoms with Crippen LogP contribution in [0.4, 0.5) is 5.69 Å². The molecule has 0 radical (unpaired) electrons. The lowest BCUT2D eigenvalue weighted by atomic mass is 10.2. The highest BCUT2D eigenvalue weighted by Crippen LogP contribution is 2.17. The summed E-state index contributed by atoms with van der Waals surface area (Å²) < 4.78 is 16.2.